The van der Waals surface area contributed by atoms with E-state index in [-0.39, 0.29) is 71.4 Å². The summed E-state index contributed by atoms with van der Waals surface area (Å²) in [7, 11) is 0. The van der Waals surface area contributed by atoms with Crippen molar-refractivity contribution >= 4 is 72.2 Å². The van der Waals surface area contributed by atoms with Crippen molar-refractivity contribution in [3.05, 3.63) is 79.9 Å². The molecule has 0 saturated heterocycles. The molecular weight excluding hydrogens is 461 g/mol. The summed E-state index contributed by atoms with van der Waals surface area (Å²) in [5, 5.41) is 40.7. The van der Waals surface area contributed by atoms with Gasteiger partial charge in [0.1, 0.15) is 0 Å². The van der Waals surface area contributed by atoms with E-state index in [1.807, 2.05) is 0 Å². The number of rotatable bonds is 4. The zero-order valence-corrected chi connectivity index (χ0v) is 16.9. The number of nitro benzene ring substituents is 2. The molecule has 0 saturated carbocycles. The van der Waals surface area contributed by atoms with E-state index in [1.165, 1.54) is 0 Å². The van der Waals surface area contributed by atoms with Gasteiger partial charge in [0.15, 0.2) is 0 Å². The second-order valence-corrected chi connectivity index (χ2v) is 4.18. The van der Waals surface area contributed by atoms with E-state index in [2.05, 4.69) is 0 Å². The summed E-state index contributed by atoms with van der Waals surface area (Å²) >= 11 is 0. The summed E-state index contributed by atoms with van der Waals surface area (Å²) < 4.78 is 0. The summed E-state index contributed by atoms with van der Waals surface area (Å²) in [4.78, 5) is 39.5. The first kappa shape index (κ1) is 22.8. The maximum atomic E-state index is 10.2. The summed E-state index contributed by atoms with van der Waals surface area (Å²) in [5.74, 6) is -2.69. The van der Waals surface area contributed by atoms with E-state index in [1.54, 1.807) is 0 Å². The Kier molecular flexibility index (Phi) is 9.63. The molecule has 0 aliphatic carbocycles. The van der Waals surface area contributed by atoms with Crippen LogP contribution in [0.5, 0.6) is 0 Å². The van der Waals surface area contributed by atoms with Crippen molar-refractivity contribution in [1.29, 1.82) is 0 Å². The SMILES string of the molecule is O=C([O-])c1ccc([N+](=O)[O-])cc1.O=C([O-])c1ccc([N+](=O)[O-])cc1.[Ba+2]. The number of carbonyl (C=O) groups excluding carboxylic acids is 2. The number of nitrogens with zero attached hydrogens (tertiary/aromatic N) is 2. The van der Waals surface area contributed by atoms with Crippen LogP contribution < -0.4 is 10.2 Å². The van der Waals surface area contributed by atoms with Crippen molar-refractivity contribution in [3.63, 3.8) is 0 Å². The van der Waals surface area contributed by atoms with Crippen molar-refractivity contribution in [2.45, 2.75) is 0 Å². The molecule has 0 amide bonds. The van der Waals surface area contributed by atoms with E-state index >= 15 is 0 Å². The van der Waals surface area contributed by atoms with Crippen LogP contribution in [0.2, 0.25) is 0 Å². The number of aromatic carboxylic acids is 2. The first-order valence-electron chi connectivity index (χ1n) is 6.14. The number of carboxylic acid groups (broad SMARTS) is 2. The Hall–Kier alpha value is -2.25. The van der Waals surface area contributed by atoms with Gasteiger partial charge in [-0.05, 0) is 35.4 Å². The topological polar surface area (TPSA) is 167 Å². The third-order valence-corrected chi connectivity index (χ3v) is 2.63. The molecular formula is C14H8BaN2O8. The van der Waals surface area contributed by atoms with Crippen LogP contribution in [0.25, 0.3) is 0 Å². The van der Waals surface area contributed by atoms with Crippen molar-refractivity contribution in [1.82, 2.24) is 0 Å². The number of non-ortho nitro benzene ring substituents is 2. The molecule has 11 heteroatoms. The molecule has 0 heterocycles. The fraction of sp³-hybridized carbons (Fsp3) is 0. The van der Waals surface area contributed by atoms with E-state index < -0.39 is 21.8 Å². The summed E-state index contributed by atoms with van der Waals surface area (Å²) in [6.07, 6.45) is 0. The maximum absolute atomic E-state index is 10.2. The Morgan fingerprint density at radius 3 is 1.04 bits per heavy atom. The van der Waals surface area contributed by atoms with Gasteiger partial charge in [-0.15, -0.1) is 0 Å². The van der Waals surface area contributed by atoms with Crippen molar-refractivity contribution < 1.29 is 29.6 Å². The van der Waals surface area contributed by atoms with Gasteiger partial charge in [-0.1, -0.05) is 0 Å². The van der Waals surface area contributed by atoms with Crippen LogP contribution in [0.4, 0.5) is 11.4 Å². The van der Waals surface area contributed by atoms with Crippen LogP contribution in [0.1, 0.15) is 20.7 Å². The van der Waals surface area contributed by atoms with Gasteiger partial charge in [0, 0.05) is 24.3 Å². The van der Waals surface area contributed by atoms with E-state index in [9.17, 15) is 40.0 Å². The fourth-order valence-corrected chi connectivity index (χ4v) is 1.44. The van der Waals surface area contributed by atoms with Crippen molar-refractivity contribution in [2.24, 2.45) is 0 Å². The molecule has 2 aromatic rings. The smallest absolute Gasteiger partial charge is 0.545 e. The molecule has 0 radical (unpaired) electrons. The Bertz CT molecular complexity index is 641. The molecule has 124 valence electrons. The Labute approximate surface area is 180 Å². The van der Waals surface area contributed by atoms with Crippen LogP contribution in [0, 0.1) is 20.2 Å². The molecule has 2 rings (SSSR count). The Morgan fingerprint density at radius 2 is 0.880 bits per heavy atom. The third kappa shape index (κ3) is 7.45. The van der Waals surface area contributed by atoms with Gasteiger partial charge in [0.25, 0.3) is 11.4 Å². The van der Waals surface area contributed by atoms with Crippen molar-refractivity contribution in [3.8, 4) is 0 Å². The number of nitro groups is 2. The first-order valence-corrected chi connectivity index (χ1v) is 6.14. The van der Waals surface area contributed by atoms with Gasteiger partial charge in [0.2, 0.25) is 0 Å². The van der Waals surface area contributed by atoms with Gasteiger partial charge in [-0.3, -0.25) is 20.2 Å². The Morgan fingerprint density at radius 1 is 0.640 bits per heavy atom. The molecule has 0 N–H and O–H groups in total. The fourth-order valence-electron chi connectivity index (χ4n) is 1.44. The summed E-state index contributed by atoms with van der Waals surface area (Å²) in [6.45, 7) is 0. The largest absolute Gasteiger partial charge is 2.00 e. The Balaban J connectivity index is 0.000000443. The average molecular weight is 470 g/mol. The van der Waals surface area contributed by atoms with Crippen LogP contribution in [-0.4, -0.2) is 70.7 Å². The molecule has 10 nitrogen and oxygen atoms in total. The number of carboxylic acids is 2. The van der Waals surface area contributed by atoms with Gasteiger partial charge in [-0.2, -0.15) is 0 Å². The minimum atomic E-state index is -1.34. The molecule has 0 fully saturated rings. The molecule has 0 bridgehead atoms. The van der Waals surface area contributed by atoms with E-state index in [0.717, 1.165) is 48.5 Å². The number of carbonyl (C=O) groups is 2. The monoisotopic (exact) mass is 470 g/mol. The summed E-state index contributed by atoms with van der Waals surface area (Å²) in [5.41, 5.74) is -0.416. The first-order chi connectivity index (χ1) is 11.2. The van der Waals surface area contributed by atoms with Crippen LogP contribution in [0.3, 0.4) is 0 Å². The normalized spacial score (nSPS) is 8.96. The molecule has 0 atom stereocenters. The van der Waals surface area contributed by atoms with Gasteiger partial charge < -0.3 is 19.8 Å². The second-order valence-electron chi connectivity index (χ2n) is 4.18. The van der Waals surface area contributed by atoms with E-state index in [4.69, 9.17) is 0 Å². The van der Waals surface area contributed by atoms with E-state index in [0.29, 0.717) is 0 Å². The number of benzene rings is 2. The number of hydrogen-bond acceptors (Lipinski definition) is 8. The standard InChI is InChI=1S/2C7H5NO4.Ba/c2*9-7(10)5-1-3-6(4-2-5)8(11)12;/h2*1-4H,(H,9,10);/q;;+2/p-2. The van der Waals surface area contributed by atoms with Gasteiger partial charge >= 0.3 is 48.9 Å². The molecule has 2 aromatic carbocycles. The maximum Gasteiger partial charge on any atom is 2.00 e. The van der Waals surface area contributed by atoms with Crippen molar-refractivity contribution in [2.75, 3.05) is 0 Å². The minimum Gasteiger partial charge on any atom is -0.545 e. The molecule has 0 unspecified atom stereocenters. The molecule has 0 aliphatic rings. The second kappa shape index (κ2) is 10.6. The van der Waals surface area contributed by atoms with Crippen LogP contribution in [0.15, 0.2) is 48.5 Å². The predicted octanol–water partition coefficient (Wildman–Crippen LogP) is -0.464. The molecule has 0 spiro atoms. The molecule has 25 heavy (non-hydrogen) atoms. The average Bonchev–Trinajstić information content (AvgIpc) is 2.55. The van der Waals surface area contributed by atoms with Gasteiger partial charge in [0.05, 0.1) is 21.8 Å². The summed E-state index contributed by atoms with van der Waals surface area (Å²) in [6, 6.07) is 8.99. The van der Waals surface area contributed by atoms with Crippen LogP contribution >= 0.6 is 0 Å². The molecule has 0 aromatic heterocycles. The third-order valence-electron chi connectivity index (χ3n) is 2.63. The molecule has 0 aliphatic heterocycles. The van der Waals surface area contributed by atoms with Crippen LogP contribution in [-0.2, 0) is 0 Å². The van der Waals surface area contributed by atoms with Gasteiger partial charge in [-0.25, -0.2) is 0 Å². The minimum absolute atomic E-state index is 0. The number of hydrogen-bond donors (Lipinski definition) is 0. The zero-order valence-electron chi connectivity index (χ0n) is 12.5. The zero-order chi connectivity index (χ0) is 18.3. The predicted molar refractivity (Wildman–Crippen MR) is 80.6 cm³/mol. The quantitative estimate of drug-likeness (QED) is 0.329.